The lowest BCUT2D eigenvalue weighted by Gasteiger charge is -2.27. The number of benzene rings is 1. The zero-order valence-corrected chi connectivity index (χ0v) is 15.9. The Kier molecular flexibility index (Phi) is 9.10. The van der Waals surface area contributed by atoms with E-state index in [1.54, 1.807) is 6.07 Å². The SMILES string of the molecule is CCCCN(CCCC)c1cc(Cl)c(NS(=O)O)cc1C(=O)OC. The Bertz CT molecular complexity index is 575. The van der Waals surface area contributed by atoms with E-state index in [9.17, 15) is 9.00 Å². The molecule has 0 aliphatic rings. The lowest BCUT2D eigenvalue weighted by atomic mass is 10.1. The van der Waals surface area contributed by atoms with E-state index in [0.717, 1.165) is 38.8 Å². The van der Waals surface area contributed by atoms with E-state index in [0.29, 0.717) is 11.3 Å². The van der Waals surface area contributed by atoms with Crippen molar-refractivity contribution in [2.75, 3.05) is 29.8 Å². The molecular weight excluding hydrogens is 352 g/mol. The first kappa shape index (κ1) is 20.7. The van der Waals surface area contributed by atoms with Crippen LogP contribution in [0.2, 0.25) is 5.02 Å². The molecule has 0 saturated heterocycles. The summed E-state index contributed by atoms with van der Waals surface area (Å²) in [5.74, 6) is -0.508. The topological polar surface area (TPSA) is 78.9 Å². The first-order valence-electron chi connectivity index (χ1n) is 7.98. The third kappa shape index (κ3) is 5.96. The fourth-order valence-electron chi connectivity index (χ4n) is 2.32. The number of anilines is 2. The molecule has 24 heavy (non-hydrogen) atoms. The molecule has 0 saturated carbocycles. The molecule has 1 unspecified atom stereocenters. The van der Waals surface area contributed by atoms with Gasteiger partial charge in [0.2, 0.25) is 0 Å². The van der Waals surface area contributed by atoms with Gasteiger partial charge < -0.3 is 9.64 Å². The van der Waals surface area contributed by atoms with Crippen LogP contribution >= 0.6 is 11.6 Å². The second-order valence-electron chi connectivity index (χ2n) is 5.39. The highest BCUT2D eigenvalue weighted by Crippen LogP contribution is 2.33. The molecule has 1 atom stereocenters. The van der Waals surface area contributed by atoms with Crippen LogP contribution in [0.3, 0.4) is 0 Å². The number of esters is 1. The van der Waals surface area contributed by atoms with E-state index in [1.807, 2.05) is 0 Å². The van der Waals surface area contributed by atoms with Gasteiger partial charge in [0.15, 0.2) is 0 Å². The van der Waals surface area contributed by atoms with Crippen LogP contribution < -0.4 is 9.62 Å². The van der Waals surface area contributed by atoms with E-state index in [2.05, 4.69) is 23.5 Å². The number of hydrogen-bond acceptors (Lipinski definition) is 4. The quantitative estimate of drug-likeness (QED) is 0.475. The van der Waals surface area contributed by atoms with Crippen LogP contribution in [0.25, 0.3) is 0 Å². The molecule has 0 spiro atoms. The number of hydrogen-bond donors (Lipinski definition) is 2. The average Bonchev–Trinajstić information content (AvgIpc) is 2.55. The average molecular weight is 377 g/mol. The molecule has 0 bridgehead atoms. The van der Waals surface area contributed by atoms with Gasteiger partial charge in [0.1, 0.15) is 0 Å². The smallest absolute Gasteiger partial charge is 0.340 e. The Balaban J connectivity index is 3.31. The number of carbonyl (C=O) groups is 1. The predicted octanol–water partition coefficient (Wildman–Crippen LogP) is 4.08. The number of ether oxygens (including phenoxy) is 1. The molecule has 1 aromatic carbocycles. The molecule has 1 aromatic rings. The maximum absolute atomic E-state index is 12.2. The summed E-state index contributed by atoms with van der Waals surface area (Å²) in [5.41, 5.74) is 1.22. The minimum absolute atomic E-state index is 0.215. The summed E-state index contributed by atoms with van der Waals surface area (Å²) < 4.78 is 27.2. The minimum atomic E-state index is -2.28. The van der Waals surface area contributed by atoms with Crippen molar-refractivity contribution < 1.29 is 18.3 Å². The van der Waals surface area contributed by atoms with Crippen molar-refractivity contribution in [1.82, 2.24) is 0 Å². The zero-order chi connectivity index (χ0) is 18.1. The number of methoxy groups -OCH3 is 1. The lowest BCUT2D eigenvalue weighted by Crippen LogP contribution is -2.28. The molecule has 0 heterocycles. The molecule has 6 nitrogen and oxygen atoms in total. The maximum Gasteiger partial charge on any atom is 0.340 e. The van der Waals surface area contributed by atoms with Gasteiger partial charge in [-0.1, -0.05) is 38.3 Å². The molecule has 1 rings (SSSR count). The molecule has 2 N–H and O–H groups in total. The molecule has 0 radical (unpaired) electrons. The maximum atomic E-state index is 12.2. The lowest BCUT2D eigenvalue weighted by molar-refractivity contribution is 0.0601. The second kappa shape index (κ2) is 10.5. The van der Waals surface area contributed by atoms with Crippen LogP contribution in [0.4, 0.5) is 11.4 Å². The van der Waals surface area contributed by atoms with E-state index in [-0.39, 0.29) is 10.7 Å². The van der Waals surface area contributed by atoms with Gasteiger partial charge in [-0.05, 0) is 25.0 Å². The summed E-state index contributed by atoms with van der Waals surface area (Å²) in [6, 6.07) is 3.11. The molecule has 0 aliphatic heterocycles. The van der Waals surface area contributed by atoms with Crippen molar-refractivity contribution >= 4 is 40.2 Å². The number of unbranched alkanes of at least 4 members (excludes halogenated alkanes) is 2. The van der Waals surface area contributed by atoms with Crippen molar-refractivity contribution in [3.8, 4) is 0 Å². The Morgan fingerprint density at radius 2 is 1.88 bits per heavy atom. The van der Waals surface area contributed by atoms with Crippen molar-refractivity contribution in [3.63, 3.8) is 0 Å². The monoisotopic (exact) mass is 376 g/mol. The Morgan fingerprint density at radius 1 is 1.29 bits per heavy atom. The summed E-state index contributed by atoms with van der Waals surface area (Å²) in [4.78, 5) is 14.3. The number of nitrogens with zero attached hydrogens (tertiary/aromatic N) is 1. The highest BCUT2D eigenvalue weighted by atomic mass is 35.5. The van der Waals surface area contributed by atoms with Gasteiger partial charge in [0, 0.05) is 13.1 Å². The van der Waals surface area contributed by atoms with Gasteiger partial charge in [-0.25, -0.2) is 9.00 Å². The molecule has 0 aromatic heterocycles. The van der Waals surface area contributed by atoms with Crippen molar-refractivity contribution in [3.05, 3.63) is 22.7 Å². The number of rotatable bonds is 10. The van der Waals surface area contributed by atoms with E-state index in [4.69, 9.17) is 20.9 Å². The van der Waals surface area contributed by atoms with Crippen LogP contribution in [0.15, 0.2) is 12.1 Å². The normalized spacial score (nSPS) is 11.9. The van der Waals surface area contributed by atoms with Crippen LogP contribution in [-0.2, 0) is 16.0 Å². The second-order valence-corrected chi connectivity index (χ2v) is 6.50. The van der Waals surface area contributed by atoms with Gasteiger partial charge >= 0.3 is 5.97 Å². The number of nitrogens with one attached hydrogen (secondary N) is 1. The Hall–Kier alpha value is -1.31. The summed E-state index contributed by atoms with van der Waals surface area (Å²) in [6.45, 7) is 5.82. The van der Waals surface area contributed by atoms with Crippen LogP contribution in [0.1, 0.15) is 49.9 Å². The third-order valence-corrected chi connectivity index (χ3v) is 4.30. The first-order chi connectivity index (χ1) is 11.4. The standard InChI is InChI=1S/C16H25ClN2O4S/c1-4-6-8-19(9-7-5-2)15-11-13(17)14(18-24(21)22)10-12(15)16(20)23-3/h10-11,18H,4-9H2,1-3H3,(H,21,22). The molecule has 0 aliphatic carbocycles. The minimum Gasteiger partial charge on any atom is -0.465 e. The van der Waals surface area contributed by atoms with Crippen LogP contribution in [0, 0.1) is 0 Å². The zero-order valence-electron chi connectivity index (χ0n) is 14.3. The fourth-order valence-corrected chi connectivity index (χ4v) is 2.94. The summed E-state index contributed by atoms with van der Waals surface area (Å²) in [5, 5.41) is 0.276. The number of carbonyl (C=O) groups excluding carboxylic acids is 1. The summed E-state index contributed by atoms with van der Waals surface area (Å²) >= 11 is 3.94. The summed E-state index contributed by atoms with van der Waals surface area (Å²) in [7, 11) is 1.31. The highest BCUT2D eigenvalue weighted by molar-refractivity contribution is 7.80. The first-order valence-corrected chi connectivity index (χ1v) is 9.47. The molecule has 8 heteroatoms. The molecule has 0 fully saturated rings. The number of halogens is 1. The highest BCUT2D eigenvalue weighted by Gasteiger charge is 2.20. The Morgan fingerprint density at radius 3 is 2.33 bits per heavy atom. The molecule has 136 valence electrons. The van der Waals surface area contributed by atoms with Crippen molar-refractivity contribution in [1.29, 1.82) is 0 Å². The van der Waals surface area contributed by atoms with Crippen LogP contribution in [0.5, 0.6) is 0 Å². The molecular formula is C16H25ClN2O4S. The van der Waals surface area contributed by atoms with Gasteiger partial charge in [-0.3, -0.25) is 9.27 Å². The van der Waals surface area contributed by atoms with Crippen molar-refractivity contribution in [2.45, 2.75) is 39.5 Å². The van der Waals surface area contributed by atoms with E-state index < -0.39 is 17.2 Å². The van der Waals surface area contributed by atoms with E-state index in [1.165, 1.54) is 13.2 Å². The van der Waals surface area contributed by atoms with E-state index >= 15 is 0 Å². The van der Waals surface area contributed by atoms with Gasteiger partial charge in [-0.2, -0.15) is 0 Å². The Labute approximate surface area is 150 Å². The fraction of sp³-hybridized carbons (Fsp3) is 0.562. The van der Waals surface area contributed by atoms with Crippen molar-refractivity contribution in [2.24, 2.45) is 0 Å². The molecule has 0 amide bonds. The van der Waals surface area contributed by atoms with Gasteiger partial charge in [0.05, 0.1) is 29.1 Å². The largest absolute Gasteiger partial charge is 0.465 e. The predicted molar refractivity (Wildman–Crippen MR) is 99.2 cm³/mol. The van der Waals surface area contributed by atoms with Crippen LogP contribution in [-0.4, -0.2) is 34.9 Å². The van der Waals surface area contributed by atoms with Gasteiger partial charge in [-0.15, -0.1) is 0 Å². The summed E-state index contributed by atoms with van der Waals surface area (Å²) in [6.07, 6.45) is 4.05. The van der Waals surface area contributed by atoms with Gasteiger partial charge in [0.25, 0.3) is 11.3 Å². The third-order valence-electron chi connectivity index (χ3n) is 3.59.